The molecule has 0 unspecified atom stereocenters. The predicted octanol–water partition coefficient (Wildman–Crippen LogP) is 2.15. The van der Waals surface area contributed by atoms with Crippen molar-refractivity contribution >= 4 is 11.9 Å². The molecule has 0 aromatic heterocycles. The van der Waals surface area contributed by atoms with Gasteiger partial charge in [0.2, 0.25) is 0 Å². The number of hydrogen-bond donors (Lipinski definition) is 2. The number of rotatable bonds is 7. The van der Waals surface area contributed by atoms with Crippen LogP contribution in [0.3, 0.4) is 0 Å². The lowest BCUT2D eigenvalue weighted by Gasteiger charge is -2.28. The predicted molar refractivity (Wildman–Crippen MR) is 56.6 cm³/mol. The van der Waals surface area contributed by atoms with Crippen LogP contribution in [0.2, 0.25) is 0 Å². The maximum Gasteiger partial charge on any atom is 0.310 e. The summed E-state index contributed by atoms with van der Waals surface area (Å²) in [5.74, 6) is -2.00. The highest BCUT2D eigenvalue weighted by Gasteiger charge is 2.39. The summed E-state index contributed by atoms with van der Waals surface area (Å²) in [6, 6.07) is 0. The molecular formula is C11H18O4. The first-order valence-corrected chi connectivity index (χ1v) is 4.90. The first-order chi connectivity index (χ1) is 6.84. The Bertz CT molecular complexity index is 257. The molecule has 0 fully saturated rings. The van der Waals surface area contributed by atoms with Crippen LogP contribution in [0.25, 0.3) is 0 Å². The molecule has 0 aromatic rings. The second-order valence-electron chi connectivity index (χ2n) is 4.25. The third kappa shape index (κ3) is 4.14. The maximum absolute atomic E-state index is 11.2. The molecule has 4 nitrogen and oxygen atoms in total. The van der Waals surface area contributed by atoms with Gasteiger partial charge in [-0.2, -0.15) is 0 Å². The molecule has 0 rings (SSSR count). The standard InChI is InChI=1S/C11H18O4/c1-4-5-11(10(14)15,6-8(2)3)7-9(12)13/h4,8H,1,5-7H2,2-3H3,(H,12,13)(H,14,15)/t11-/m0/s1. The van der Waals surface area contributed by atoms with E-state index in [1.165, 1.54) is 6.08 Å². The second-order valence-corrected chi connectivity index (χ2v) is 4.25. The molecule has 86 valence electrons. The van der Waals surface area contributed by atoms with E-state index >= 15 is 0 Å². The Morgan fingerprint density at radius 3 is 2.20 bits per heavy atom. The molecule has 2 N–H and O–H groups in total. The summed E-state index contributed by atoms with van der Waals surface area (Å²) in [5, 5.41) is 17.9. The number of allylic oxidation sites excluding steroid dienone is 1. The molecule has 0 amide bonds. The Morgan fingerprint density at radius 2 is 1.93 bits per heavy atom. The van der Waals surface area contributed by atoms with Gasteiger partial charge in [0, 0.05) is 0 Å². The highest BCUT2D eigenvalue weighted by Crippen LogP contribution is 2.35. The summed E-state index contributed by atoms with van der Waals surface area (Å²) < 4.78 is 0. The Balaban J connectivity index is 4.96. The summed E-state index contributed by atoms with van der Waals surface area (Å²) >= 11 is 0. The highest BCUT2D eigenvalue weighted by atomic mass is 16.4. The summed E-state index contributed by atoms with van der Waals surface area (Å²) in [6.45, 7) is 7.24. The first kappa shape index (κ1) is 13.7. The van der Waals surface area contributed by atoms with E-state index in [9.17, 15) is 9.59 Å². The summed E-state index contributed by atoms with van der Waals surface area (Å²) in [4.78, 5) is 21.8. The lowest BCUT2D eigenvalue weighted by Crippen LogP contribution is -2.34. The fourth-order valence-electron chi connectivity index (χ4n) is 1.83. The zero-order valence-corrected chi connectivity index (χ0v) is 9.19. The van der Waals surface area contributed by atoms with Gasteiger partial charge in [0.1, 0.15) is 0 Å². The van der Waals surface area contributed by atoms with Crippen molar-refractivity contribution in [1.29, 1.82) is 0 Å². The molecule has 1 atom stereocenters. The van der Waals surface area contributed by atoms with E-state index in [-0.39, 0.29) is 18.8 Å². The number of carboxylic acids is 2. The molecule has 0 saturated heterocycles. The minimum Gasteiger partial charge on any atom is -0.481 e. The third-order valence-corrected chi connectivity index (χ3v) is 2.28. The van der Waals surface area contributed by atoms with Gasteiger partial charge >= 0.3 is 11.9 Å². The lowest BCUT2D eigenvalue weighted by atomic mass is 9.75. The van der Waals surface area contributed by atoms with E-state index in [1.54, 1.807) is 0 Å². The molecule has 0 radical (unpaired) electrons. The van der Waals surface area contributed by atoms with E-state index in [0.717, 1.165) is 0 Å². The Kier molecular flexibility index (Phi) is 5.05. The van der Waals surface area contributed by atoms with Crippen LogP contribution in [-0.4, -0.2) is 22.2 Å². The van der Waals surface area contributed by atoms with Gasteiger partial charge in [0.25, 0.3) is 0 Å². The van der Waals surface area contributed by atoms with Crippen molar-refractivity contribution < 1.29 is 19.8 Å². The summed E-state index contributed by atoms with van der Waals surface area (Å²) in [7, 11) is 0. The quantitative estimate of drug-likeness (QED) is 0.637. The van der Waals surface area contributed by atoms with E-state index in [0.29, 0.717) is 6.42 Å². The smallest absolute Gasteiger partial charge is 0.310 e. The summed E-state index contributed by atoms with van der Waals surface area (Å²) in [5.41, 5.74) is -1.21. The van der Waals surface area contributed by atoms with E-state index < -0.39 is 17.4 Å². The fraction of sp³-hybridized carbons (Fsp3) is 0.636. The van der Waals surface area contributed by atoms with Crippen LogP contribution in [-0.2, 0) is 9.59 Å². The van der Waals surface area contributed by atoms with Crippen molar-refractivity contribution in [3.05, 3.63) is 12.7 Å². The largest absolute Gasteiger partial charge is 0.481 e. The van der Waals surface area contributed by atoms with Crippen molar-refractivity contribution in [1.82, 2.24) is 0 Å². The molecule has 0 saturated carbocycles. The molecule has 0 aromatic carbocycles. The lowest BCUT2D eigenvalue weighted by molar-refractivity contribution is -0.156. The van der Waals surface area contributed by atoms with Crippen LogP contribution >= 0.6 is 0 Å². The minimum absolute atomic E-state index is 0.139. The van der Waals surface area contributed by atoms with Crippen molar-refractivity contribution in [2.24, 2.45) is 11.3 Å². The molecular weight excluding hydrogens is 196 g/mol. The van der Waals surface area contributed by atoms with Crippen LogP contribution in [0.4, 0.5) is 0 Å². The average molecular weight is 214 g/mol. The monoisotopic (exact) mass is 214 g/mol. The van der Waals surface area contributed by atoms with E-state index in [2.05, 4.69) is 6.58 Å². The molecule has 0 spiro atoms. The molecule has 0 bridgehead atoms. The SMILES string of the molecule is C=CC[C@@](CC(=O)O)(CC(C)C)C(=O)O. The van der Waals surface area contributed by atoms with Crippen LogP contribution in [0.15, 0.2) is 12.7 Å². The van der Waals surface area contributed by atoms with Gasteiger partial charge in [0.15, 0.2) is 0 Å². The van der Waals surface area contributed by atoms with Crippen molar-refractivity contribution in [2.45, 2.75) is 33.1 Å². The zero-order valence-electron chi connectivity index (χ0n) is 9.19. The van der Waals surface area contributed by atoms with Crippen LogP contribution < -0.4 is 0 Å². The number of aliphatic carboxylic acids is 2. The first-order valence-electron chi connectivity index (χ1n) is 4.90. The molecule has 15 heavy (non-hydrogen) atoms. The molecule has 0 heterocycles. The number of carboxylic acid groups (broad SMARTS) is 2. The van der Waals surface area contributed by atoms with Crippen molar-refractivity contribution in [3.63, 3.8) is 0 Å². The van der Waals surface area contributed by atoms with Crippen molar-refractivity contribution in [3.8, 4) is 0 Å². The highest BCUT2D eigenvalue weighted by molar-refractivity contribution is 5.81. The van der Waals surface area contributed by atoms with Gasteiger partial charge in [-0.3, -0.25) is 9.59 Å². The summed E-state index contributed by atoms with van der Waals surface area (Å²) in [6.07, 6.45) is 1.65. The van der Waals surface area contributed by atoms with Gasteiger partial charge in [-0.1, -0.05) is 19.9 Å². The Morgan fingerprint density at radius 1 is 1.40 bits per heavy atom. The minimum atomic E-state index is -1.21. The third-order valence-electron chi connectivity index (χ3n) is 2.28. The molecule has 0 aliphatic heterocycles. The van der Waals surface area contributed by atoms with Gasteiger partial charge in [-0.15, -0.1) is 6.58 Å². The topological polar surface area (TPSA) is 74.6 Å². The molecule has 0 aliphatic rings. The molecule has 0 aliphatic carbocycles. The van der Waals surface area contributed by atoms with Crippen LogP contribution in [0.5, 0.6) is 0 Å². The number of carbonyl (C=O) groups is 2. The van der Waals surface area contributed by atoms with E-state index in [4.69, 9.17) is 10.2 Å². The van der Waals surface area contributed by atoms with Crippen LogP contribution in [0, 0.1) is 11.3 Å². The Labute approximate surface area is 89.6 Å². The fourth-order valence-corrected chi connectivity index (χ4v) is 1.83. The zero-order chi connectivity index (χ0) is 12.1. The van der Waals surface area contributed by atoms with Gasteiger partial charge < -0.3 is 10.2 Å². The average Bonchev–Trinajstić information content (AvgIpc) is 2.01. The Hall–Kier alpha value is -1.32. The number of hydrogen-bond acceptors (Lipinski definition) is 2. The maximum atomic E-state index is 11.2. The van der Waals surface area contributed by atoms with Crippen molar-refractivity contribution in [2.75, 3.05) is 0 Å². The van der Waals surface area contributed by atoms with Crippen LogP contribution in [0.1, 0.15) is 33.1 Å². The molecule has 4 heteroatoms. The van der Waals surface area contributed by atoms with Gasteiger partial charge in [0.05, 0.1) is 11.8 Å². The van der Waals surface area contributed by atoms with Gasteiger partial charge in [-0.05, 0) is 18.8 Å². The normalized spacial score (nSPS) is 14.6. The van der Waals surface area contributed by atoms with Gasteiger partial charge in [-0.25, -0.2) is 0 Å². The second kappa shape index (κ2) is 5.53. The van der Waals surface area contributed by atoms with E-state index in [1.807, 2.05) is 13.8 Å².